The maximum atomic E-state index is 10.8. The molecule has 1 aromatic carbocycles. The second-order valence-electron chi connectivity index (χ2n) is 5.34. The Bertz CT molecular complexity index is 462. The van der Waals surface area contributed by atoms with E-state index in [1.165, 1.54) is 32.4 Å². The highest BCUT2D eigenvalue weighted by Crippen LogP contribution is 2.31. The molecular weight excluding hydrogens is 244 g/mol. The van der Waals surface area contributed by atoms with Gasteiger partial charge in [0.1, 0.15) is 5.75 Å². The van der Waals surface area contributed by atoms with E-state index < -0.39 is 4.92 Å². The molecule has 2 rings (SSSR count). The molecule has 1 aromatic rings. The minimum atomic E-state index is -0.397. The molecule has 1 aliphatic carbocycles. The van der Waals surface area contributed by atoms with Crippen molar-refractivity contribution in [3.8, 4) is 5.75 Å². The Hall–Kier alpha value is -1.78. The van der Waals surface area contributed by atoms with Crippen molar-refractivity contribution in [3.05, 3.63) is 28.3 Å². The molecule has 5 heteroatoms. The first-order valence-corrected chi connectivity index (χ1v) is 6.66. The van der Waals surface area contributed by atoms with Gasteiger partial charge in [0, 0.05) is 24.4 Å². The summed E-state index contributed by atoms with van der Waals surface area (Å²) in [5.41, 5.74) is 0.812. The first-order chi connectivity index (χ1) is 9.08. The quantitative estimate of drug-likeness (QED) is 0.653. The lowest BCUT2D eigenvalue weighted by atomic mass is 10.1. The van der Waals surface area contributed by atoms with E-state index in [0.717, 1.165) is 18.2 Å². The van der Waals surface area contributed by atoms with Crippen molar-refractivity contribution in [1.29, 1.82) is 0 Å². The smallest absolute Gasteiger partial charge is 0.275 e. The number of nitro benzene ring substituents is 1. The van der Waals surface area contributed by atoms with Crippen molar-refractivity contribution >= 4 is 11.4 Å². The molecular formula is C14H20N2O3. The molecule has 104 valence electrons. The molecule has 0 heterocycles. The molecule has 1 fully saturated rings. The van der Waals surface area contributed by atoms with Crippen LogP contribution in [0.3, 0.4) is 0 Å². The third-order valence-corrected chi connectivity index (χ3v) is 3.74. The van der Waals surface area contributed by atoms with Crippen molar-refractivity contribution in [2.45, 2.75) is 26.2 Å². The topological polar surface area (TPSA) is 64.4 Å². The second kappa shape index (κ2) is 5.91. The fourth-order valence-electron chi connectivity index (χ4n) is 2.68. The number of nitrogens with zero attached hydrogens (tertiary/aromatic N) is 1. The van der Waals surface area contributed by atoms with E-state index in [4.69, 9.17) is 4.74 Å². The average molecular weight is 264 g/mol. The Balaban J connectivity index is 2.02. The third kappa shape index (κ3) is 3.59. The molecule has 2 unspecified atom stereocenters. The number of anilines is 1. The first-order valence-electron chi connectivity index (χ1n) is 6.66. The van der Waals surface area contributed by atoms with E-state index >= 15 is 0 Å². The molecule has 2 atom stereocenters. The van der Waals surface area contributed by atoms with Crippen molar-refractivity contribution in [3.63, 3.8) is 0 Å². The lowest BCUT2D eigenvalue weighted by molar-refractivity contribution is -0.384. The summed E-state index contributed by atoms with van der Waals surface area (Å²) in [5, 5.41) is 14.1. The minimum Gasteiger partial charge on any atom is -0.496 e. The zero-order valence-electron chi connectivity index (χ0n) is 11.4. The molecule has 0 bridgehead atoms. The summed E-state index contributed by atoms with van der Waals surface area (Å²) >= 11 is 0. The van der Waals surface area contributed by atoms with Gasteiger partial charge >= 0.3 is 0 Å². The van der Waals surface area contributed by atoms with Crippen LogP contribution in [0.4, 0.5) is 11.4 Å². The predicted octanol–water partition coefficient (Wildman–Crippen LogP) is 3.45. The summed E-state index contributed by atoms with van der Waals surface area (Å²) in [6.45, 7) is 3.14. The monoisotopic (exact) mass is 264 g/mol. The summed E-state index contributed by atoms with van der Waals surface area (Å²) in [4.78, 5) is 10.4. The van der Waals surface area contributed by atoms with Crippen LogP contribution in [-0.2, 0) is 0 Å². The zero-order chi connectivity index (χ0) is 13.8. The second-order valence-corrected chi connectivity index (χ2v) is 5.34. The molecule has 0 amide bonds. The number of nitrogens with one attached hydrogen (secondary N) is 1. The van der Waals surface area contributed by atoms with Gasteiger partial charge in [0.2, 0.25) is 0 Å². The number of non-ortho nitro benzene ring substituents is 1. The van der Waals surface area contributed by atoms with Gasteiger partial charge in [0.25, 0.3) is 5.69 Å². The molecule has 19 heavy (non-hydrogen) atoms. The Labute approximate surface area is 113 Å². The number of methoxy groups -OCH3 is 1. The van der Waals surface area contributed by atoms with E-state index in [1.54, 1.807) is 12.1 Å². The molecule has 0 aromatic heterocycles. The summed E-state index contributed by atoms with van der Waals surface area (Å²) in [6.07, 6.45) is 3.75. The van der Waals surface area contributed by atoms with Gasteiger partial charge in [0.15, 0.2) is 0 Å². The highest BCUT2D eigenvalue weighted by molar-refractivity contribution is 5.56. The molecule has 1 N–H and O–H groups in total. The number of rotatable bonds is 5. The minimum absolute atomic E-state index is 0.0571. The van der Waals surface area contributed by atoms with Crippen LogP contribution in [0.2, 0.25) is 0 Å². The number of ether oxygens (including phenoxy) is 1. The van der Waals surface area contributed by atoms with Gasteiger partial charge < -0.3 is 10.1 Å². The normalized spacial score (nSPS) is 22.2. The summed E-state index contributed by atoms with van der Waals surface area (Å²) in [5.74, 6) is 1.98. The lowest BCUT2D eigenvalue weighted by Crippen LogP contribution is -2.11. The highest BCUT2D eigenvalue weighted by Gasteiger charge is 2.21. The molecule has 5 nitrogen and oxygen atoms in total. The molecule has 1 aliphatic rings. The standard InChI is InChI=1S/C14H20N2O3/c1-10-3-4-11(5-10)9-15-12-6-13(16(17)18)8-14(7-12)19-2/h6-8,10-11,15H,3-5,9H2,1-2H3. The van der Waals surface area contributed by atoms with Gasteiger partial charge in [-0.15, -0.1) is 0 Å². The Morgan fingerprint density at radius 1 is 1.42 bits per heavy atom. The Morgan fingerprint density at radius 3 is 2.79 bits per heavy atom. The van der Waals surface area contributed by atoms with Crippen LogP contribution in [0, 0.1) is 22.0 Å². The number of hydrogen-bond donors (Lipinski definition) is 1. The fourth-order valence-corrected chi connectivity index (χ4v) is 2.68. The van der Waals surface area contributed by atoms with E-state index in [0.29, 0.717) is 11.7 Å². The maximum absolute atomic E-state index is 10.8. The predicted molar refractivity (Wildman–Crippen MR) is 74.6 cm³/mol. The lowest BCUT2D eigenvalue weighted by Gasteiger charge is -2.13. The van der Waals surface area contributed by atoms with Crippen LogP contribution in [0.1, 0.15) is 26.2 Å². The summed E-state index contributed by atoms with van der Waals surface area (Å²) < 4.78 is 5.09. The van der Waals surface area contributed by atoms with Gasteiger partial charge in [0.05, 0.1) is 18.1 Å². The Morgan fingerprint density at radius 2 is 2.21 bits per heavy atom. The van der Waals surface area contributed by atoms with Gasteiger partial charge in [-0.05, 0) is 24.7 Å². The van der Waals surface area contributed by atoms with Crippen molar-refractivity contribution in [2.24, 2.45) is 11.8 Å². The zero-order valence-corrected chi connectivity index (χ0v) is 11.4. The molecule has 1 saturated carbocycles. The van der Waals surface area contributed by atoms with Crippen LogP contribution < -0.4 is 10.1 Å². The maximum Gasteiger partial charge on any atom is 0.275 e. The van der Waals surface area contributed by atoms with E-state index in [-0.39, 0.29) is 5.69 Å². The van der Waals surface area contributed by atoms with Crippen LogP contribution in [0.15, 0.2) is 18.2 Å². The van der Waals surface area contributed by atoms with Gasteiger partial charge in [-0.1, -0.05) is 13.3 Å². The van der Waals surface area contributed by atoms with Crippen molar-refractivity contribution < 1.29 is 9.66 Å². The Kier molecular flexibility index (Phi) is 4.24. The van der Waals surface area contributed by atoms with Crippen molar-refractivity contribution in [1.82, 2.24) is 0 Å². The molecule has 0 spiro atoms. The summed E-state index contributed by atoms with van der Waals surface area (Å²) in [7, 11) is 1.52. The van der Waals surface area contributed by atoms with Gasteiger partial charge in [-0.25, -0.2) is 0 Å². The van der Waals surface area contributed by atoms with Crippen LogP contribution in [-0.4, -0.2) is 18.6 Å². The first kappa shape index (κ1) is 13.6. The molecule has 0 aliphatic heterocycles. The largest absolute Gasteiger partial charge is 0.496 e. The van der Waals surface area contributed by atoms with Crippen LogP contribution in [0.25, 0.3) is 0 Å². The van der Waals surface area contributed by atoms with Gasteiger partial charge in [-0.2, -0.15) is 0 Å². The number of nitro groups is 1. The van der Waals surface area contributed by atoms with Gasteiger partial charge in [-0.3, -0.25) is 10.1 Å². The molecule has 0 saturated heterocycles. The van der Waals surface area contributed by atoms with E-state index in [1.807, 2.05) is 0 Å². The average Bonchev–Trinajstić information content (AvgIpc) is 2.81. The van der Waals surface area contributed by atoms with Crippen LogP contribution >= 0.6 is 0 Å². The molecule has 0 radical (unpaired) electrons. The highest BCUT2D eigenvalue weighted by atomic mass is 16.6. The van der Waals surface area contributed by atoms with Crippen LogP contribution in [0.5, 0.6) is 5.75 Å². The van der Waals surface area contributed by atoms with E-state index in [9.17, 15) is 10.1 Å². The third-order valence-electron chi connectivity index (χ3n) is 3.74. The fraction of sp³-hybridized carbons (Fsp3) is 0.571. The number of benzene rings is 1. The number of hydrogen-bond acceptors (Lipinski definition) is 4. The summed E-state index contributed by atoms with van der Waals surface area (Å²) in [6, 6.07) is 4.79. The van der Waals surface area contributed by atoms with E-state index in [2.05, 4.69) is 12.2 Å². The van der Waals surface area contributed by atoms with Crippen molar-refractivity contribution in [2.75, 3.05) is 19.0 Å². The SMILES string of the molecule is COc1cc(NCC2CCC(C)C2)cc([N+](=O)[O-])c1.